The molecule has 0 aliphatic heterocycles. The van der Waals surface area contributed by atoms with Crippen LogP contribution in [0.25, 0.3) is 11.1 Å². The molecule has 0 radical (unpaired) electrons. The third-order valence-electron chi connectivity index (χ3n) is 7.86. The summed E-state index contributed by atoms with van der Waals surface area (Å²) in [5, 5.41) is 3.58. The topological polar surface area (TPSA) is 80.0 Å². The highest BCUT2D eigenvalue weighted by atomic mass is 32.2. The minimum atomic E-state index is -4.60. The Hall–Kier alpha value is -3.31. The number of anilines is 1. The zero-order valence-electron chi connectivity index (χ0n) is 25.8. The lowest BCUT2D eigenvalue weighted by Gasteiger charge is -2.26. The van der Waals surface area contributed by atoms with Crippen LogP contribution in [0.5, 0.6) is 0 Å². The Labute approximate surface area is 261 Å². The Morgan fingerprint density at radius 2 is 1.93 bits per heavy atom. The van der Waals surface area contributed by atoms with Crippen molar-refractivity contribution in [2.45, 2.75) is 102 Å². The third-order valence-corrected chi connectivity index (χ3v) is 8.73. The summed E-state index contributed by atoms with van der Waals surface area (Å²) < 4.78 is 54.1. The van der Waals surface area contributed by atoms with Crippen molar-refractivity contribution >= 4 is 30.0 Å². The number of aromatic nitrogens is 1. The summed E-state index contributed by atoms with van der Waals surface area (Å²) in [6, 6.07) is 13.5. The van der Waals surface area contributed by atoms with Gasteiger partial charge < -0.3 is 14.0 Å². The van der Waals surface area contributed by atoms with Crippen molar-refractivity contribution in [3.63, 3.8) is 0 Å². The van der Waals surface area contributed by atoms with E-state index < -0.39 is 11.7 Å². The molecule has 7 nitrogen and oxygen atoms in total. The van der Waals surface area contributed by atoms with E-state index in [-0.39, 0.29) is 17.1 Å². The summed E-state index contributed by atoms with van der Waals surface area (Å²) >= 11 is 1.03. The van der Waals surface area contributed by atoms with Crippen LogP contribution in [0.1, 0.15) is 88.2 Å². The van der Waals surface area contributed by atoms with Gasteiger partial charge in [0.15, 0.2) is 5.82 Å². The Morgan fingerprint density at radius 1 is 1.18 bits per heavy atom. The molecule has 44 heavy (non-hydrogen) atoms. The molecule has 1 aromatic heterocycles. The highest BCUT2D eigenvalue weighted by Gasteiger charge is 2.39. The van der Waals surface area contributed by atoms with E-state index in [0.717, 1.165) is 91.4 Å². The van der Waals surface area contributed by atoms with Crippen LogP contribution in [0, 0.1) is 6.92 Å². The van der Waals surface area contributed by atoms with Crippen LogP contribution in [-0.4, -0.2) is 34.4 Å². The fourth-order valence-electron chi connectivity index (χ4n) is 5.54. The van der Waals surface area contributed by atoms with E-state index in [1.807, 2.05) is 49.4 Å². The van der Waals surface area contributed by atoms with Gasteiger partial charge in [0.1, 0.15) is 17.2 Å². The van der Waals surface area contributed by atoms with Crippen molar-refractivity contribution < 1.29 is 27.2 Å². The van der Waals surface area contributed by atoms with Crippen molar-refractivity contribution in [1.82, 2.24) is 10.1 Å². The van der Waals surface area contributed by atoms with Crippen LogP contribution in [0.3, 0.4) is 0 Å². The molecular formula is C33H41F3N4O3S. The summed E-state index contributed by atoms with van der Waals surface area (Å²) in [5.74, 6) is 0.157. The van der Waals surface area contributed by atoms with Crippen molar-refractivity contribution in [3.05, 3.63) is 64.9 Å². The van der Waals surface area contributed by atoms with E-state index in [1.165, 1.54) is 6.92 Å². The maximum Gasteiger partial charge on any atom is 0.423 e. The normalized spacial score (nSPS) is 15.0. The second kappa shape index (κ2) is 15.1. The lowest BCUT2D eigenvalue weighted by molar-refractivity contribution is -0.137. The first-order chi connectivity index (χ1) is 21.1. The largest absolute Gasteiger partial charge is 0.423 e. The van der Waals surface area contributed by atoms with Crippen molar-refractivity contribution in [2.24, 2.45) is 4.99 Å². The monoisotopic (exact) mass is 630 g/mol. The molecule has 11 heteroatoms. The number of hydrogen-bond donors (Lipinski definition) is 1. The molecule has 3 aromatic rings. The number of hydrogen-bond acceptors (Lipinski definition) is 7. The number of aliphatic imine (C=N–C) groups is 1. The van der Waals surface area contributed by atoms with Crippen LogP contribution in [0.2, 0.25) is 0 Å². The van der Waals surface area contributed by atoms with Gasteiger partial charge in [0.25, 0.3) is 0 Å². The third kappa shape index (κ3) is 8.44. The number of rotatable bonds is 14. The number of nitrogens with one attached hydrogen (secondary N) is 1. The number of amidine groups is 1. The molecule has 1 amide bonds. The number of aryl methyl sites for hydroxylation is 1. The minimum absolute atomic E-state index is 0.130. The van der Waals surface area contributed by atoms with E-state index in [1.54, 1.807) is 4.90 Å². The van der Waals surface area contributed by atoms with Gasteiger partial charge in [0, 0.05) is 17.9 Å². The van der Waals surface area contributed by atoms with Crippen LogP contribution in [-0.2, 0) is 28.9 Å². The molecule has 0 saturated heterocycles. The number of carbonyl (C=O) groups excluding carboxylic acids is 1. The van der Waals surface area contributed by atoms with Gasteiger partial charge in [-0.05, 0) is 80.3 Å². The average molecular weight is 631 g/mol. The number of benzene rings is 2. The molecule has 1 N–H and O–H groups in total. The minimum Gasteiger partial charge on any atom is -0.377 e. The quantitative estimate of drug-likeness (QED) is 0.0828. The average Bonchev–Trinajstić information content (AvgIpc) is 3.61. The molecule has 238 valence electrons. The van der Waals surface area contributed by atoms with E-state index in [0.29, 0.717) is 24.7 Å². The summed E-state index contributed by atoms with van der Waals surface area (Å²) in [6.07, 6.45) is 3.35. The molecule has 1 saturated carbocycles. The summed E-state index contributed by atoms with van der Waals surface area (Å²) in [4.78, 5) is 19.9. The lowest BCUT2D eigenvalue weighted by atomic mass is 9.97. The maximum absolute atomic E-state index is 13.6. The van der Waals surface area contributed by atoms with Gasteiger partial charge in [-0.2, -0.15) is 13.2 Å². The van der Waals surface area contributed by atoms with Gasteiger partial charge in [-0.15, -0.1) is 0 Å². The van der Waals surface area contributed by atoms with Gasteiger partial charge in [-0.3, -0.25) is 14.7 Å². The molecule has 0 spiro atoms. The van der Waals surface area contributed by atoms with Gasteiger partial charge in [-0.1, -0.05) is 67.7 Å². The summed E-state index contributed by atoms with van der Waals surface area (Å²) in [7, 11) is 0. The summed E-state index contributed by atoms with van der Waals surface area (Å²) in [6.45, 7) is 8.70. The molecule has 0 unspecified atom stereocenters. The van der Waals surface area contributed by atoms with E-state index in [4.69, 9.17) is 14.3 Å². The number of nitrogens with zero attached hydrogens (tertiary/aromatic N) is 3. The van der Waals surface area contributed by atoms with Crippen LogP contribution < -0.4 is 4.72 Å². The predicted octanol–water partition coefficient (Wildman–Crippen LogP) is 9.20. The SMILES string of the molecule is CCCCC(=NC1(C)CCCC1)N(C=O)Cc1ccc(-c2ccccc2SNc2noc(C)c2C(F)(F)F)c(COCC)c1. The summed E-state index contributed by atoms with van der Waals surface area (Å²) in [5.41, 5.74) is 2.50. The van der Waals surface area contributed by atoms with Gasteiger partial charge in [-0.25, -0.2) is 0 Å². The van der Waals surface area contributed by atoms with Gasteiger partial charge >= 0.3 is 6.18 Å². The van der Waals surface area contributed by atoms with E-state index >= 15 is 0 Å². The smallest absolute Gasteiger partial charge is 0.377 e. The molecule has 1 aliphatic carbocycles. The fraction of sp³-hybridized carbons (Fsp3) is 0.485. The van der Waals surface area contributed by atoms with Crippen molar-refractivity contribution in [2.75, 3.05) is 11.3 Å². The number of alkyl halides is 3. The van der Waals surface area contributed by atoms with Gasteiger partial charge in [0.2, 0.25) is 6.41 Å². The molecule has 1 fully saturated rings. The predicted molar refractivity (Wildman–Crippen MR) is 168 cm³/mol. The lowest BCUT2D eigenvalue weighted by Crippen LogP contribution is -2.32. The zero-order valence-corrected chi connectivity index (χ0v) is 26.6. The number of carbonyl (C=O) groups is 1. The van der Waals surface area contributed by atoms with Gasteiger partial charge in [0.05, 0.1) is 18.7 Å². The van der Waals surface area contributed by atoms with E-state index in [2.05, 4.69) is 23.7 Å². The first-order valence-electron chi connectivity index (χ1n) is 15.1. The first-order valence-corrected chi connectivity index (χ1v) is 16.0. The Kier molecular flexibility index (Phi) is 11.5. The molecular weight excluding hydrogens is 589 g/mol. The number of ether oxygens (including phenoxy) is 1. The molecule has 1 aliphatic rings. The Morgan fingerprint density at radius 3 is 2.61 bits per heavy atom. The van der Waals surface area contributed by atoms with E-state index in [9.17, 15) is 18.0 Å². The van der Waals surface area contributed by atoms with Crippen molar-refractivity contribution in [1.29, 1.82) is 0 Å². The highest BCUT2D eigenvalue weighted by Crippen LogP contribution is 2.40. The number of amides is 1. The molecule has 0 atom stereocenters. The standard InChI is InChI=1S/C33H41F3N4O3S/c1-5-7-14-29(37-32(4)17-10-11-18-32)40(22-41)20-24-15-16-26(25(19-24)21-42-6-2)27-12-8-9-13-28(27)44-39-31-30(33(34,35)36)23(3)43-38-31/h8-9,12-13,15-16,19,22H,5-7,10-11,14,17-18,20-21H2,1-4H3,(H,38,39). The maximum atomic E-state index is 13.6. The number of halogens is 3. The highest BCUT2D eigenvalue weighted by molar-refractivity contribution is 8.00. The Bertz CT molecular complexity index is 1430. The molecule has 0 bridgehead atoms. The Balaban J connectivity index is 1.63. The zero-order chi connectivity index (χ0) is 31.7. The van der Waals surface area contributed by atoms with Crippen molar-refractivity contribution in [3.8, 4) is 11.1 Å². The van der Waals surface area contributed by atoms with Crippen LogP contribution >= 0.6 is 11.9 Å². The fourth-order valence-corrected chi connectivity index (χ4v) is 6.32. The molecule has 4 rings (SSSR count). The first kappa shape index (κ1) is 33.6. The van der Waals surface area contributed by atoms with Crippen LogP contribution in [0.4, 0.5) is 19.0 Å². The molecule has 2 aromatic carbocycles. The number of unbranched alkanes of at least 4 members (excludes halogenated alkanes) is 1. The second-order valence-corrected chi connectivity index (χ2v) is 12.2. The second-order valence-electron chi connectivity index (χ2n) is 11.4. The molecule has 1 heterocycles. The van der Waals surface area contributed by atoms with Crippen LogP contribution in [0.15, 0.2) is 56.9 Å².